The van der Waals surface area contributed by atoms with Gasteiger partial charge in [0.2, 0.25) is 0 Å². The predicted octanol–water partition coefficient (Wildman–Crippen LogP) is 15.3. The van der Waals surface area contributed by atoms with E-state index in [0.717, 1.165) is 0 Å². The van der Waals surface area contributed by atoms with Crippen molar-refractivity contribution in [2.45, 2.75) is 242 Å². The van der Waals surface area contributed by atoms with E-state index in [4.69, 9.17) is 0 Å². The molecular weight excluding hydrogens is 631 g/mol. The Hall–Kier alpha value is 1.15. The molecule has 0 unspecified atom stereocenters. The van der Waals surface area contributed by atoms with Crippen LogP contribution in [0.5, 0.6) is 0 Å². The fourth-order valence-electron chi connectivity index (χ4n) is 6.91. The van der Waals surface area contributed by atoms with Gasteiger partial charge in [-0.1, -0.05) is 13.8 Å². The second-order valence-corrected chi connectivity index (χ2v) is 34.4. The Morgan fingerprint density at radius 2 is 0.476 bits per heavy atom. The molecule has 0 heterocycles. The van der Waals surface area contributed by atoms with E-state index in [2.05, 4.69) is 27.7 Å². The van der Waals surface area contributed by atoms with Crippen molar-refractivity contribution < 1.29 is 0 Å². The maximum absolute atomic E-state index is 2.36. The van der Waals surface area contributed by atoms with Crippen LogP contribution in [0.25, 0.3) is 0 Å². The summed E-state index contributed by atoms with van der Waals surface area (Å²) in [6, 6.07) is 0. The average Bonchev–Trinajstić information content (AvgIpc) is 3.00. The van der Waals surface area contributed by atoms with Gasteiger partial charge in [0.25, 0.3) is 0 Å². The summed E-state index contributed by atoms with van der Waals surface area (Å²) in [7, 11) is 0.462. The Balaban J connectivity index is 4.65. The zero-order valence-electron chi connectivity index (χ0n) is 30.5. The second kappa shape index (κ2) is 38.3. The molecule has 42 heavy (non-hydrogen) atoms. The minimum absolute atomic E-state index is 0.462. The first kappa shape index (κ1) is 43.1. The van der Waals surface area contributed by atoms with Crippen LogP contribution < -0.4 is 0 Å². The predicted molar refractivity (Wildman–Crippen MR) is 206 cm³/mol. The van der Waals surface area contributed by atoms with Crippen molar-refractivity contribution >= 4 is 26.5 Å². The summed E-state index contributed by atoms with van der Waals surface area (Å²) in [5.74, 6) is 3.41. The summed E-state index contributed by atoms with van der Waals surface area (Å²) >= 11 is -1.41. The molecule has 0 N–H and O–H groups in total. The van der Waals surface area contributed by atoms with Crippen LogP contribution in [0.4, 0.5) is 0 Å². The fraction of sp³-hybridized carbons (Fsp3) is 1.00. The van der Waals surface area contributed by atoms with Crippen molar-refractivity contribution in [3.63, 3.8) is 0 Å². The van der Waals surface area contributed by atoms with Crippen LogP contribution in [0.15, 0.2) is 0 Å². The third-order valence-corrected chi connectivity index (χ3v) is 35.6. The number of hydrogen-bond donors (Lipinski definition) is 1. The molecule has 2 heteroatoms. The molecule has 0 atom stereocenters. The van der Waals surface area contributed by atoms with Gasteiger partial charge in [-0.2, -0.15) is 0 Å². The van der Waals surface area contributed by atoms with Gasteiger partial charge in [-0.3, -0.25) is 0 Å². The van der Waals surface area contributed by atoms with Gasteiger partial charge in [0.05, 0.1) is 0 Å². The Morgan fingerprint density at radius 1 is 0.262 bits per heavy atom. The zero-order chi connectivity index (χ0) is 30.6. The Kier molecular flexibility index (Phi) is 39.4. The van der Waals surface area contributed by atoms with Gasteiger partial charge < -0.3 is 0 Å². The molecule has 0 aliphatic rings. The molecular formula is C40H86SSn. The topological polar surface area (TPSA) is 0 Å². The van der Waals surface area contributed by atoms with Crippen LogP contribution in [-0.2, 0) is 0 Å². The monoisotopic (exact) mass is 719 g/mol. The van der Waals surface area contributed by atoms with Crippen LogP contribution in [-0.4, -0.2) is 29.9 Å². The van der Waals surface area contributed by atoms with Gasteiger partial charge >= 0.3 is 266 Å². The fourth-order valence-corrected chi connectivity index (χ4v) is 33.1. The van der Waals surface area contributed by atoms with Crippen molar-refractivity contribution in [1.82, 2.24) is 0 Å². The van der Waals surface area contributed by atoms with Gasteiger partial charge in [0.15, 0.2) is 0 Å². The summed E-state index contributed by atoms with van der Waals surface area (Å²) in [5, 5.41) is 0. The average molecular weight is 718 g/mol. The first-order valence-corrected chi connectivity index (χ1v) is 31.4. The molecule has 0 spiro atoms. The molecule has 0 amide bonds. The van der Waals surface area contributed by atoms with Gasteiger partial charge in [-0.05, 0) is 0 Å². The van der Waals surface area contributed by atoms with Crippen molar-refractivity contribution in [3.8, 4) is 0 Å². The normalized spacial score (nSPS) is 12.1. The SMILES string of the molecule is CCCCCCCCCCCC[SH](CCCCCCCCCCCC)[SnH]([CH2]CCCCCCC)[CH2]CCCCCCC. The van der Waals surface area contributed by atoms with Gasteiger partial charge in [-0.15, -0.1) is 0 Å². The molecule has 0 aromatic heterocycles. The summed E-state index contributed by atoms with van der Waals surface area (Å²) in [4.78, 5) is 0. The molecule has 0 nitrogen and oxygen atoms in total. The molecule has 0 aromatic rings. The van der Waals surface area contributed by atoms with Crippen LogP contribution in [0.2, 0.25) is 8.87 Å². The molecule has 0 bridgehead atoms. The van der Waals surface area contributed by atoms with E-state index >= 15 is 0 Å². The number of hydrogen-bond acceptors (Lipinski definition) is 0. The third-order valence-electron chi connectivity index (χ3n) is 9.90. The van der Waals surface area contributed by atoms with Gasteiger partial charge in [0.1, 0.15) is 0 Å². The second-order valence-electron chi connectivity index (χ2n) is 14.2. The zero-order valence-corrected chi connectivity index (χ0v) is 34.7. The molecule has 0 saturated heterocycles. The number of unbranched alkanes of at least 4 members (excludes halogenated alkanes) is 28. The Morgan fingerprint density at radius 3 is 0.738 bits per heavy atom. The molecule has 0 aliphatic heterocycles. The summed E-state index contributed by atoms with van der Waals surface area (Å²) in [6.45, 7) is 9.39. The molecule has 0 radical (unpaired) electrons. The molecule has 0 rings (SSSR count). The summed E-state index contributed by atoms with van der Waals surface area (Å²) < 4.78 is 3.56. The van der Waals surface area contributed by atoms with Crippen molar-refractivity contribution in [2.75, 3.05) is 11.5 Å². The van der Waals surface area contributed by atoms with Crippen LogP contribution in [0.1, 0.15) is 233 Å². The first-order chi connectivity index (χ1) is 20.8. The van der Waals surface area contributed by atoms with Crippen LogP contribution in [0.3, 0.4) is 0 Å². The minimum atomic E-state index is -1.41. The Bertz CT molecular complexity index is 427. The van der Waals surface area contributed by atoms with E-state index in [1.54, 1.807) is 71.7 Å². The van der Waals surface area contributed by atoms with E-state index in [9.17, 15) is 0 Å². The van der Waals surface area contributed by atoms with Gasteiger partial charge in [-0.25, -0.2) is 0 Å². The van der Waals surface area contributed by atoms with Gasteiger partial charge in [0, 0.05) is 0 Å². The molecule has 0 aromatic carbocycles. The Labute approximate surface area is 278 Å². The van der Waals surface area contributed by atoms with Crippen molar-refractivity contribution in [1.29, 1.82) is 0 Å². The van der Waals surface area contributed by atoms with Crippen LogP contribution >= 0.6 is 8.08 Å². The van der Waals surface area contributed by atoms with E-state index in [-0.39, 0.29) is 0 Å². The summed E-state index contributed by atoms with van der Waals surface area (Å²) in [5.41, 5.74) is 0. The van der Waals surface area contributed by atoms with E-state index in [0.29, 0.717) is 8.08 Å². The number of thiol groups is 1. The number of rotatable bonds is 37. The van der Waals surface area contributed by atoms with Crippen molar-refractivity contribution in [2.24, 2.45) is 0 Å². The first-order valence-electron chi connectivity index (χ1n) is 20.5. The summed E-state index contributed by atoms with van der Waals surface area (Å²) in [6.07, 6.45) is 48.2. The quantitative estimate of drug-likeness (QED) is 0.0369. The third kappa shape index (κ3) is 32.5. The molecule has 0 fully saturated rings. The van der Waals surface area contributed by atoms with Crippen molar-refractivity contribution in [3.05, 3.63) is 0 Å². The van der Waals surface area contributed by atoms with E-state index in [1.165, 1.54) is 154 Å². The van der Waals surface area contributed by atoms with E-state index < -0.39 is 18.4 Å². The maximum atomic E-state index is 2.36. The molecule has 256 valence electrons. The van der Waals surface area contributed by atoms with Crippen LogP contribution in [0, 0.1) is 0 Å². The standard InChI is InChI=1S/C24H50S.2C8H17.Sn.H/c1-3-5-7-9-11-13-15-17-19-21-23-25-24-22-20-18-16-14-12-10-8-6-4-2;2*1-3-5-7-8-6-4-2;;/h3-24H2,1-2H3;2*1,3-8H2,2H3;;/q;;;-1;/p+1. The van der Waals surface area contributed by atoms with E-state index in [1.807, 2.05) is 0 Å². The molecule has 0 saturated carbocycles. The molecule has 0 aliphatic carbocycles.